The molecular weight excluding hydrogens is 370 g/mol. The molecule has 0 unspecified atom stereocenters. The third-order valence-electron chi connectivity index (χ3n) is 3.89. The molecule has 1 aliphatic heterocycles. The van der Waals surface area contributed by atoms with E-state index in [0.717, 1.165) is 36.8 Å². The second-order valence-corrected chi connectivity index (χ2v) is 8.02. The summed E-state index contributed by atoms with van der Waals surface area (Å²) in [5.41, 5.74) is 0.859. The number of aryl methyl sites for hydroxylation is 1. The van der Waals surface area contributed by atoms with Crippen molar-refractivity contribution >= 4 is 22.0 Å². The van der Waals surface area contributed by atoms with Crippen LogP contribution in [0.4, 0.5) is 4.79 Å². The van der Waals surface area contributed by atoms with Crippen molar-refractivity contribution in [3.63, 3.8) is 0 Å². The van der Waals surface area contributed by atoms with Gasteiger partial charge in [0.1, 0.15) is 17.5 Å². The lowest BCUT2D eigenvalue weighted by molar-refractivity contribution is 0.0126. The number of hydrogen-bond donors (Lipinski definition) is 0. The maximum Gasteiger partial charge on any atom is 0.410 e. The van der Waals surface area contributed by atoms with Gasteiger partial charge in [-0.25, -0.2) is 4.79 Å². The van der Waals surface area contributed by atoms with Crippen molar-refractivity contribution in [2.45, 2.75) is 58.2 Å². The normalized spacial score (nSPS) is 16.1. The number of piperidine rings is 1. The summed E-state index contributed by atoms with van der Waals surface area (Å²) in [6, 6.07) is 8.33. The minimum atomic E-state index is -0.444. The first-order chi connectivity index (χ1) is 11.4. The van der Waals surface area contributed by atoms with E-state index in [1.54, 1.807) is 4.90 Å². The van der Waals surface area contributed by atoms with E-state index in [0.29, 0.717) is 13.1 Å². The van der Waals surface area contributed by atoms with Crippen LogP contribution in [0.2, 0.25) is 0 Å². The molecule has 4 nitrogen and oxygen atoms in total. The number of hydrogen-bond acceptors (Lipinski definition) is 3. The maximum atomic E-state index is 12.1. The fraction of sp³-hybridized carbons (Fsp3) is 0.632. The number of carbonyl (C=O) groups excluding carboxylic acids is 1. The summed E-state index contributed by atoms with van der Waals surface area (Å²) in [6.07, 6.45) is 3.79. The minimum absolute atomic E-state index is 0.162. The highest BCUT2D eigenvalue weighted by Gasteiger charge is 2.27. The Labute approximate surface area is 153 Å². The molecule has 1 aliphatic rings. The van der Waals surface area contributed by atoms with Gasteiger partial charge in [-0.1, -0.05) is 28.1 Å². The van der Waals surface area contributed by atoms with Crippen molar-refractivity contribution in [3.05, 3.63) is 29.8 Å². The Kier molecular flexibility index (Phi) is 6.96. The highest BCUT2D eigenvalue weighted by Crippen LogP contribution is 2.22. The van der Waals surface area contributed by atoms with Crippen LogP contribution >= 0.6 is 15.9 Å². The number of benzene rings is 1. The molecule has 0 aliphatic carbocycles. The fourth-order valence-electron chi connectivity index (χ4n) is 2.72. The molecule has 24 heavy (non-hydrogen) atoms. The number of likely N-dealkylation sites (tertiary alicyclic amines) is 1. The van der Waals surface area contributed by atoms with E-state index in [-0.39, 0.29) is 12.2 Å². The van der Waals surface area contributed by atoms with Crippen LogP contribution in [0.3, 0.4) is 0 Å². The molecule has 0 spiro atoms. The summed E-state index contributed by atoms with van der Waals surface area (Å²) in [5, 5.41) is 1.02. The maximum absolute atomic E-state index is 12.1. The van der Waals surface area contributed by atoms with Gasteiger partial charge in [-0.05, 0) is 51.3 Å². The third kappa shape index (κ3) is 6.34. The Morgan fingerprint density at radius 3 is 2.62 bits per heavy atom. The zero-order chi connectivity index (χ0) is 17.6. The molecule has 1 amide bonds. The Balaban J connectivity index is 1.81. The predicted molar refractivity (Wildman–Crippen MR) is 100 cm³/mol. The summed E-state index contributed by atoms with van der Waals surface area (Å²) in [5.74, 6) is 0.929. The number of carbonyl (C=O) groups is 1. The van der Waals surface area contributed by atoms with Crippen LogP contribution in [0, 0.1) is 0 Å². The van der Waals surface area contributed by atoms with E-state index in [2.05, 4.69) is 34.1 Å². The second kappa shape index (κ2) is 8.75. The smallest absolute Gasteiger partial charge is 0.410 e. The van der Waals surface area contributed by atoms with Crippen LogP contribution in [0.15, 0.2) is 24.3 Å². The van der Waals surface area contributed by atoms with E-state index in [1.165, 1.54) is 5.56 Å². The molecule has 1 heterocycles. The summed E-state index contributed by atoms with van der Waals surface area (Å²) in [6.45, 7) is 7.04. The molecule has 1 aromatic rings. The number of nitrogens with zero attached hydrogens (tertiary/aromatic N) is 1. The van der Waals surface area contributed by atoms with Crippen molar-refractivity contribution in [2.75, 3.05) is 18.4 Å². The van der Waals surface area contributed by atoms with Gasteiger partial charge in [0, 0.05) is 31.3 Å². The largest absolute Gasteiger partial charge is 0.490 e. The fourth-order valence-corrected chi connectivity index (χ4v) is 3.00. The third-order valence-corrected chi connectivity index (χ3v) is 4.45. The van der Waals surface area contributed by atoms with Crippen molar-refractivity contribution < 1.29 is 14.3 Å². The minimum Gasteiger partial charge on any atom is -0.490 e. The summed E-state index contributed by atoms with van der Waals surface area (Å²) >= 11 is 3.47. The van der Waals surface area contributed by atoms with E-state index in [9.17, 15) is 4.79 Å². The summed E-state index contributed by atoms with van der Waals surface area (Å²) < 4.78 is 11.5. The average molecular weight is 398 g/mol. The van der Waals surface area contributed by atoms with Gasteiger partial charge in [0.05, 0.1) is 0 Å². The van der Waals surface area contributed by atoms with Gasteiger partial charge in [-0.2, -0.15) is 0 Å². The standard InChI is InChI=1S/C19H28BrNO3/c1-19(2,3)24-18(22)21-12-9-16(10-13-21)23-17-8-4-6-15(14-17)7-5-11-20/h4,6,8,14,16H,5,7,9-13H2,1-3H3. The molecule has 2 rings (SSSR count). The topological polar surface area (TPSA) is 38.8 Å². The van der Waals surface area contributed by atoms with Crippen LogP contribution < -0.4 is 4.74 Å². The molecule has 134 valence electrons. The van der Waals surface area contributed by atoms with Gasteiger partial charge in [0.25, 0.3) is 0 Å². The molecule has 0 radical (unpaired) electrons. The van der Waals surface area contributed by atoms with Crippen LogP contribution in [0.1, 0.15) is 45.6 Å². The SMILES string of the molecule is CC(C)(C)OC(=O)N1CCC(Oc2cccc(CCCBr)c2)CC1. The summed E-state index contributed by atoms with van der Waals surface area (Å²) in [4.78, 5) is 13.9. The summed E-state index contributed by atoms with van der Waals surface area (Å²) in [7, 11) is 0. The molecule has 0 saturated carbocycles. The van der Waals surface area contributed by atoms with Gasteiger partial charge >= 0.3 is 6.09 Å². The van der Waals surface area contributed by atoms with E-state index >= 15 is 0 Å². The van der Waals surface area contributed by atoms with Crippen molar-refractivity contribution in [1.82, 2.24) is 4.90 Å². The number of ether oxygens (including phenoxy) is 2. The van der Waals surface area contributed by atoms with Crippen molar-refractivity contribution in [3.8, 4) is 5.75 Å². The highest BCUT2D eigenvalue weighted by molar-refractivity contribution is 9.09. The highest BCUT2D eigenvalue weighted by atomic mass is 79.9. The lowest BCUT2D eigenvalue weighted by Gasteiger charge is -2.33. The molecule has 0 aromatic heterocycles. The number of rotatable bonds is 5. The molecule has 1 saturated heterocycles. The lowest BCUT2D eigenvalue weighted by atomic mass is 10.1. The first-order valence-electron chi connectivity index (χ1n) is 8.67. The van der Waals surface area contributed by atoms with Crippen LogP contribution in [-0.2, 0) is 11.2 Å². The van der Waals surface area contributed by atoms with Crippen LogP contribution in [0.5, 0.6) is 5.75 Å². The van der Waals surface area contributed by atoms with Gasteiger partial charge < -0.3 is 14.4 Å². The molecular formula is C19H28BrNO3. The molecule has 1 fully saturated rings. The van der Waals surface area contributed by atoms with Gasteiger partial charge in [0.2, 0.25) is 0 Å². The Hall–Kier alpha value is -1.23. The van der Waals surface area contributed by atoms with Crippen LogP contribution in [0.25, 0.3) is 0 Å². The number of amides is 1. The first kappa shape index (κ1) is 19.1. The first-order valence-corrected chi connectivity index (χ1v) is 9.79. The molecule has 0 atom stereocenters. The predicted octanol–water partition coefficient (Wildman–Crippen LogP) is 4.79. The van der Waals surface area contributed by atoms with Crippen molar-refractivity contribution in [2.24, 2.45) is 0 Å². The van der Waals surface area contributed by atoms with E-state index in [4.69, 9.17) is 9.47 Å². The molecule has 1 aromatic carbocycles. The quantitative estimate of drug-likeness (QED) is 0.670. The zero-order valence-electron chi connectivity index (χ0n) is 14.9. The van der Waals surface area contributed by atoms with Gasteiger partial charge in [-0.15, -0.1) is 0 Å². The zero-order valence-corrected chi connectivity index (χ0v) is 16.5. The number of alkyl halides is 1. The second-order valence-electron chi connectivity index (χ2n) is 7.22. The molecule has 5 heteroatoms. The Bertz CT molecular complexity index is 534. The molecule has 0 N–H and O–H groups in total. The van der Waals surface area contributed by atoms with Crippen LogP contribution in [-0.4, -0.2) is 41.1 Å². The van der Waals surface area contributed by atoms with E-state index in [1.807, 2.05) is 26.8 Å². The Morgan fingerprint density at radius 2 is 2.00 bits per heavy atom. The number of halogens is 1. The van der Waals surface area contributed by atoms with Crippen molar-refractivity contribution in [1.29, 1.82) is 0 Å². The van der Waals surface area contributed by atoms with Gasteiger partial charge in [-0.3, -0.25) is 0 Å². The monoisotopic (exact) mass is 397 g/mol. The lowest BCUT2D eigenvalue weighted by Crippen LogP contribution is -2.44. The van der Waals surface area contributed by atoms with E-state index < -0.39 is 5.60 Å². The van der Waals surface area contributed by atoms with Gasteiger partial charge in [0.15, 0.2) is 0 Å². The molecule has 0 bridgehead atoms. The average Bonchev–Trinajstić information content (AvgIpc) is 2.52. The Morgan fingerprint density at radius 1 is 1.29 bits per heavy atom.